The molecule has 2 nitrogen and oxygen atoms in total. The van der Waals surface area contributed by atoms with Crippen LogP contribution in [-0.4, -0.2) is 9.78 Å². The summed E-state index contributed by atoms with van der Waals surface area (Å²) in [4.78, 5) is 0. The predicted molar refractivity (Wildman–Crippen MR) is 98.3 cm³/mol. The molecule has 0 atom stereocenters. The standard InChI is InChI=1S/C17H12Cl4N2/c1-10-15(9-18)22-23(16-7-6-13(20)8-14(16)21)17(10)11-2-4-12(19)5-3-11/h2-8H,9H2,1H3. The van der Waals surface area contributed by atoms with Crippen LogP contribution in [0.15, 0.2) is 42.5 Å². The molecule has 0 fully saturated rings. The van der Waals surface area contributed by atoms with E-state index in [9.17, 15) is 0 Å². The van der Waals surface area contributed by atoms with Crippen molar-refractivity contribution in [1.82, 2.24) is 9.78 Å². The average molecular weight is 386 g/mol. The predicted octanol–water partition coefficient (Wildman–Crippen LogP) is 6.55. The van der Waals surface area contributed by atoms with Crippen LogP contribution in [-0.2, 0) is 5.88 Å². The Morgan fingerprint density at radius 2 is 1.61 bits per heavy atom. The summed E-state index contributed by atoms with van der Waals surface area (Å²) in [6.07, 6.45) is 0. The van der Waals surface area contributed by atoms with E-state index in [1.54, 1.807) is 16.8 Å². The SMILES string of the molecule is Cc1c(CCl)nn(-c2ccc(Cl)cc2Cl)c1-c1ccc(Cl)cc1. The van der Waals surface area contributed by atoms with E-state index in [0.717, 1.165) is 28.2 Å². The van der Waals surface area contributed by atoms with Crippen molar-refractivity contribution < 1.29 is 0 Å². The first kappa shape index (κ1) is 16.7. The first-order valence-corrected chi connectivity index (χ1v) is 8.54. The summed E-state index contributed by atoms with van der Waals surface area (Å²) < 4.78 is 1.80. The van der Waals surface area contributed by atoms with Gasteiger partial charge in [-0.1, -0.05) is 46.9 Å². The number of hydrogen-bond donors (Lipinski definition) is 0. The molecule has 0 aliphatic carbocycles. The van der Waals surface area contributed by atoms with Crippen molar-refractivity contribution in [2.45, 2.75) is 12.8 Å². The molecule has 0 aliphatic heterocycles. The third kappa shape index (κ3) is 3.22. The average Bonchev–Trinajstić information content (AvgIpc) is 2.85. The molecule has 1 aromatic heterocycles. The van der Waals surface area contributed by atoms with Crippen LogP contribution in [0.2, 0.25) is 15.1 Å². The van der Waals surface area contributed by atoms with E-state index in [2.05, 4.69) is 5.10 Å². The quantitative estimate of drug-likeness (QED) is 0.467. The highest BCUT2D eigenvalue weighted by atomic mass is 35.5. The van der Waals surface area contributed by atoms with Crippen molar-refractivity contribution in [1.29, 1.82) is 0 Å². The molecule has 3 aromatic rings. The van der Waals surface area contributed by atoms with Crippen LogP contribution < -0.4 is 0 Å². The Hall–Kier alpha value is -1.19. The van der Waals surface area contributed by atoms with E-state index in [4.69, 9.17) is 46.4 Å². The molecule has 3 rings (SSSR count). The Morgan fingerprint density at radius 1 is 0.957 bits per heavy atom. The molecule has 23 heavy (non-hydrogen) atoms. The van der Waals surface area contributed by atoms with Gasteiger partial charge in [0.05, 0.1) is 28.0 Å². The minimum Gasteiger partial charge on any atom is -0.231 e. The summed E-state index contributed by atoms with van der Waals surface area (Å²) in [6, 6.07) is 12.9. The molecule has 0 unspecified atom stereocenters. The molecule has 0 spiro atoms. The number of hydrogen-bond acceptors (Lipinski definition) is 1. The van der Waals surface area contributed by atoms with Crippen LogP contribution in [0.1, 0.15) is 11.3 Å². The van der Waals surface area contributed by atoms with Crippen LogP contribution >= 0.6 is 46.4 Å². The van der Waals surface area contributed by atoms with Crippen LogP contribution in [0.25, 0.3) is 16.9 Å². The maximum absolute atomic E-state index is 6.35. The van der Waals surface area contributed by atoms with Crippen LogP contribution in [0.3, 0.4) is 0 Å². The largest absolute Gasteiger partial charge is 0.231 e. The third-order valence-electron chi connectivity index (χ3n) is 3.60. The molecular weight excluding hydrogens is 374 g/mol. The Morgan fingerprint density at radius 3 is 2.22 bits per heavy atom. The summed E-state index contributed by atoms with van der Waals surface area (Å²) in [5.74, 6) is 0.324. The van der Waals surface area contributed by atoms with Gasteiger partial charge in [-0.2, -0.15) is 5.10 Å². The van der Waals surface area contributed by atoms with Crippen LogP contribution in [0, 0.1) is 6.92 Å². The van der Waals surface area contributed by atoms with Gasteiger partial charge >= 0.3 is 0 Å². The van der Waals surface area contributed by atoms with E-state index in [1.807, 2.05) is 37.3 Å². The van der Waals surface area contributed by atoms with E-state index in [0.29, 0.717) is 20.9 Å². The van der Waals surface area contributed by atoms with Gasteiger partial charge in [-0.05, 0) is 42.8 Å². The second kappa shape index (κ2) is 6.74. The Bertz CT molecular complexity index is 854. The maximum Gasteiger partial charge on any atom is 0.0840 e. The Kier molecular flexibility index (Phi) is 4.88. The highest BCUT2D eigenvalue weighted by molar-refractivity contribution is 6.35. The minimum atomic E-state index is 0.324. The number of rotatable bonds is 3. The molecular formula is C17H12Cl4N2. The second-order valence-electron chi connectivity index (χ2n) is 5.07. The topological polar surface area (TPSA) is 17.8 Å². The van der Waals surface area contributed by atoms with E-state index >= 15 is 0 Å². The lowest BCUT2D eigenvalue weighted by Gasteiger charge is -2.11. The molecule has 6 heteroatoms. The molecule has 0 bridgehead atoms. The summed E-state index contributed by atoms with van der Waals surface area (Å²) >= 11 is 24.4. The van der Waals surface area contributed by atoms with Gasteiger partial charge in [0.15, 0.2) is 0 Å². The van der Waals surface area contributed by atoms with Gasteiger partial charge in [0.1, 0.15) is 0 Å². The zero-order valence-corrected chi connectivity index (χ0v) is 15.2. The smallest absolute Gasteiger partial charge is 0.0840 e. The van der Waals surface area contributed by atoms with Crippen molar-refractivity contribution >= 4 is 46.4 Å². The van der Waals surface area contributed by atoms with Gasteiger partial charge in [0.2, 0.25) is 0 Å². The number of alkyl halides is 1. The zero-order chi connectivity index (χ0) is 16.6. The normalized spacial score (nSPS) is 11.0. The molecule has 0 aliphatic rings. The zero-order valence-electron chi connectivity index (χ0n) is 12.2. The summed E-state index contributed by atoms with van der Waals surface area (Å²) in [6.45, 7) is 2.00. The van der Waals surface area contributed by atoms with Gasteiger partial charge < -0.3 is 0 Å². The third-order valence-corrected chi connectivity index (χ3v) is 4.65. The van der Waals surface area contributed by atoms with Gasteiger partial charge in [-0.3, -0.25) is 0 Å². The molecule has 0 amide bonds. The van der Waals surface area contributed by atoms with Crippen molar-refractivity contribution in [3.8, 4) is 16.9 Å². The lowest BCUT2D eigenvalue weighted by atomic mass is 10.1. The fourth-order valence-electron chi connectivity index (χ4n) is 2.44. The molecule has 0 saturated heterocycles. The van der Waals surface area contributed by atoms with Crippen LogP contribution in [0.4, 0.5) is 0 Å². The molecule has 118 valence electrons. The fourth-order valence-corrected chi connectivity index (χ4v) is 3.31. The summed E-state index contributed by atoms with van der Waals surface area (Å²) in [7, 11) is 0. The molecule has 0 radical (unpaired) electrons. The van der Waals surface area contributed by atoms with Gasteiger partial charge in [-0.25, -0.2) is 4.68 Å². The summed E-state index contributed by atoms with van der Waals surface area (Å²) in [5.41, 5.74) is 4.49. The lowest BCUT2D eigenvalue weighted by Crippen LogP contribution is -2.00. The first-order chi connectivity index (χ1) is 11.0. The molecule has 0 saturated carbocycles. The monoisotopic (exact) mass is 384 g/mol. The molecule has 1 heterocycles. The highest BCUT2D eigenvalue weighted by Gasteiger charge is 2.18. The first-order valence-electron chi connectivity index (χ1n) is 6.87. The number of nitrogens with zero attached hydrogens (tertiary/aromatic N) is 2. The maximum atomic E-state index is 6.35. The number of benzene rings is 2. The van der Waals surface area contributed by atoms with Crippen molar-refractivity contribution in [2.75, 3.05) is 0 Å². The van der Waals surface area contributed by atoms with Gasteiger partial charge in [0, 0.05) is 15.6 Å². The van der Waals surface area contributed by atoms with E-state index in [1.165, 1.54) is 0 Å². The van der Waals surface area contributed by atoms with Crippen molar-refractivity contribution in [3.05, 3.63) is 68.8 Å². The Labute approximate surface area is 154 Å². The minimum absolute atomic E-state index is 0.324. The van der Waals surface area contributed by atoms with E-state index in [-0.39, 0.29) is 0 Å². The highest BCUT2D eigenvalue weighted by Crippen LogP contribution is 2.33. The van der Waals surface area contributed by atoms with Gasteiger partial charge in [0.25, 0.3) is 0 Å². The Balaban J connectivity index is 2.26. The number of aromatic nitrogens is 2. The number of halogens is 4. The lowest BCUT2D eigenvalue weighted by molar-refractivity contribution is 0.865. The van der Waals surface area contributed by atoms with Crippen molar-refractivity contribution in [2.24, 2.45) is 0 Å². The fraction of sp³-hybridized carbons (Fsp3) is 0.118. The van der Waals surface area contributed by atoms with Crippen LogP contribution in [0.5, 0.6) is 0 Å². The van der Waals surface area contributed by atoms with Crippen molar-refractivity contribution in [3.63, 3.8) is 0 Å². The molecule has 0 N–H and O–H groups in total. The van der Waals surface area contributed by atoms with Gasteiger partial charge in [-0.15, -0.1) is 11.6 Å². The molecule has 2 aromatic carbocycles. The van der Waals surface area contributed by atoms with E-state index < -0.39 is 0 Å². The second-order valence-corrected chi connectivity index (χ2v) is 6.62. The summed E-state index contributed by atoms with van der Waals surface area (Å²) in [5, 5.41) is 6.39.